The third-order valence-corrected chi connectivity index (χ3v) is 6.06. The number of hydrogen-bond acceptors (Lipinski definition) is 5. The van der Waals surface area contributed by atoms with Crippen LogP contribution in [0.1, 0.15) is 33.6 Å². The molecule has 158 valence electrons. The van der Waals surface area contributed by atoms with Gasteiger partial charge in [-0.25, -0.2) is 4.39 Å². The molecule has 2 aromatic carbocycles. The van der Waals surface area contributed by atoms with Gasteiger partial charge in [0.2, 0.25) is 0 Å². The molecule has 1 N–H and O–H groups in total. The van der Waals surface area contributed by atoms with E-state index in [1.165, 1.54) is 19.2 Å². The SMILES string of the molecule is COc1ccc(C(=O)N2CCC3(CC2)NC(=O)c2cc(F)ccc2N3C)cc1OC. The number of carbonyl (C=O) groups is 2. The van der Waals surface area contributed by atoms with E-state index >= 15 is 0 Å². The van der Waals surface area contributed by atoms with Crippen LogP contribution in [-0.4, -0.2) is 56.7 Å². The Morgan fingerprint density at radius 2 is 1.77 bits per heavy atom. The van der Waals surface area contributed by atoms with Gasteiger partial charge in [0.25, 0.3) is 11.8 Å². The number of methoxy groups -OCH3 is 2. The number of nitrogens with one attached hydrogen (secondary N) is 1. The van der Waals surface area contributed by atoms with Crippen LogP contribution in [-0.2, 0) is 0 Å². The summed E-state index contributed by atoms with van der Waals surface area (Å²) in [5, 5.41) is 3.04. The number of carbonyl (C=O) groups excluding carboxylic acids is 2. The largest absolute Gasteiger partial charge is 0.493 e. The molecule has 0 aliphatic carbocycles. The summed E-state index contributed by atoms with van der Waals surface area (Å²) in [7, 11) is 4.97. The number of hydrogen-bond donors (Lipinski definition) is 1. The van der Waals surface area contributed by atoms with Crippen molar-refractivity contribution in [2.45, 2.75) is 18.5 Å². The molecule has 1 fully saturated rings. The number of rotatable bonds is 3. The molecule has 2 amide bonds. The minimum atomic E-state index is -0.601. The lowest BCUT2D eigenvalue weighted by atomic mass is 9.90. The third kappa shape index (κ3) is 3.22. The molecule has 2 aromatic rings. The monoisotopic (exact) mass is 413 g/mol. The summed E-state index contributed by atoms with van der Waals surface area (Å²) in [6.07, 6.45) is 1.12. The molecule has 4 rings (SSSR count). The second kappa shape index (κ2) is 7.51. The lowest BCUT2D eigenvalue weighted by Gasteiger charge is -2.51. The van der Waals surface area contributed by atoms with Crippen LogP contribution in [0, 0.1) is 5.82 Å². The van der Waals surface area contributed by atoms with E-state index in [0.717, 1.165) is 0 Å². The van der Waals surface area contributed by atoms with Gasteiger partial charge in [-0.2, -0.15) is 0 Å². The fourth-order valence-electron chi connectivity index (χ4n) is 4.27. The van der Waals surface area contributed by atoms with Gasteiger partial charge in [-0.05, 0) is 36.4 Å². The molecule has 0 aromatic heterocycles. The van der Waals surface area contributed by atoms with Gasteiger partial charge in [0.15, 0.2) is 11.5 Å². The number of anilines is 1. The van der Waals surface area contributed by atoms with Gasteiger partial charge in [-0.3, -0.25) is 9.59 Å². The van der Waals surface area contributed by atoms with Gasteiger partial charge >= 0.3 is 0 Å². The number of piperidine rings is 1. The molecule has 0 atom stereocenters. The lowest BCUT2D eigenvalue weighted by Crippen LogP contribution is -2.67. The molecule has 2 aliphatic heterocycles. The van der Waals surface area contributed by atoms with Crippen LogP contribution in [0.3, 0.4) is 0 Å². The van der Waals surface area contributed by atoms with Crippen LogP contribution >= 0.6 is 0 Å². The first-order chi connectivity index (χ1) is 14.4. The van der Waals surface area contributed by atoms with Gasteiger partial charge in [0.05, 0.1) is 25.5 Å². The maximum Gasteiger partial charge on any atom is 0.255 e. The first-order valence-electron chi connectivity index (χ1n) is 9.76. The Bertz CT molecular complexity index is 1000. The van der Waals surface area contributed by atoms with E-state index in [0.29, 0.717) is 54.2 Å². The van der Waals surface area contributed by atoms with Crippen LogP contribution in [0.5, 0.6) is 11.5 Å². The second-order valence-corrected chi connectivity index (χ2v) is 7.57. The van der Waals surface area contributed by atoms with Crippen molar-refractivity contribution in [3.8, 4) is 11.5 Å². The van der Waals surface area contributed by atoms with Gasteiger partial charge in [-0.1, -0.05) is 0 Å². The van der Waals surface area contributed by atoms with Crippen molar-refractivity contribution in [1.29, 1.82) is 0 Å². The molecule has 7 nitrogen and oxygen atoms in total. The molecular formula is C22H24FN3O4. The maximum atomic E-state index is 13.6. The summed E-state index contributed by atoms with van der Waals surface area (Å²) in [6.45, 7) is 0.961. The van der Waals surface area contributed by atoms with Crippen LogP contribution in [0.4, 0.5) is 10.1 Å². The van der Waals surface area contributed by atoms with Crippen molar-refractivity contribution in [2.24, 2.45) is 0 Å². The number of likely N-dealkylation sites (tertiary alicyclic amines) is 1. The summed E-state index contributed by atoms with van der Waals surface area (Å²) in [5.74, 6) is 0.233. The van der Waals surface area contributed by atoms with Gasteiger partial charge in [-0.15, -0.1) is 0 Å². The Hall–Kier alpha value is -3.29. The van der Waals surface area contributed by atoms with Gasteiger partial charge in [0, 0.05) is 38.5 Å². The summed E-state index contributed by atoms with van der Waals surface area (Å²) in [6, 6.07) is 9.34. The molecule has 0 bridgehead atoms. The predicted octanol–water partition coefficient (Wildman–Crippen LogP) is 2.66. The third-order valence-electron chi connectivity index (χ3n) is 6.06. The molecule has 0 unspecified atom stereocenters. The standard InChI is InChI=1S/C22H24FN3O4/c1-25-17-6-5-15(23)13-16(17)20(27)24-22(25)8-10-26(11-9-22)21(28)14-4-7-18(29-2)19(12-14)30-3/h4-7,12-13H,8-11H2,1-3H3,(H,24,27). The fraction of sp³-hybridized carbons (Fsp3) is 0.364. The average Bonchev–Trinajstić information content (AvgIpc) is 2.77. The molecule has 1 spiro atoms. The zero-order chi connectivity index (χ0) is 21.5. The molecule has 30 heavy (non-hydrogen) atoms. The molecule has 0 radical (unpaired) electrons. The fourth-order valence-corrected chi connectivity index (χ4v) is 4.27. The van der Waals surface area contributed by atoms with E-state index in [4.69, 9.17) is 9.47 Å². The Labute approximate surface area is 174 Å². The number of ether oxygens (including phenoxy) is 2. The minimum Gasteiger partial charge on any atom is -0.493 e. The number of fused-ring (bicyclic) bond motifs is 1. The minimum absolute atomic E-state index is 0.0990. The normalized spacial score (nSPS) is 17.4. The van der Waals surface area contributed by atoms with E-state index in [9.17, 15) is 14.0 Å². The summed E-state index contributed by atoms with van der Waals surface area (Å²) < 4.78 is 24.1. The smallest absolute Gasteiger partial charge is 0.255 e. The van der Waals surface area contributed by atoms with E-state index in [-0.39, 0.29) is 11.8 Å². The molecule has 1 saturated heterocycles. The van der Waals surface area contributed by atoms with E-state index in [1.807, 2.05) is 11.9 Å². The Kier molecular flexibility index (Phi) is 5.01. The first kappa shape index (κ1) is 20.0. The highest BCUT2D eigenvalue weighted by molar-refractivity contribution is 6.02. The maximum absolute atomic E-state index is 13.6. The quantitative estimate of drug-likeness (QED) is 0.838. The Morgan fingerprint density at radius 1 is 1.07 bits per heavy atom. The van der Waals surface area contributed by atoms with Crippen molar-refractivity contribution in [2.75, 3.05) is 39.3 Å². The predicted molar refractivity (Wildman–Crippen MR) is 110 cm³/mol. The second-order valence-electron chi connectivity index (χ2n) is 7.57. The lowest BCUT2D eigenvalue weighted by molar-refractivity contribution is 0.0608. The highest BCUT2D eigenvalue weighted by Crippen LogP contribution is 2.37. The molecule has 0 saturated carbocycles. The first-order valence-corrected chi connectivity index (χ1v) is 9.76. The van der Waals surface area contributed by atoms with Gasteiger partial charge in [0.1, 0.15) is 11.5 Å². The number of amides is 2. The molecule has 2 aliphatic rings. The van der Waals surface area contributed by atoms with E-state index in [2.05, 4.69) is 5.32 Å². The van der Waals surface area contributed by atoms with Crippen LogP contribution < -0.4 is 19.7 Å². The van der Waals surface area contributed by atoms with Crippen molar-refractivity contribution in [3.05, 3.63) is 53.3 Å². The Balaban J connectivity index is 1.52. The molecule has 2 heterocycles. The van der Waals surface area contributed by atoms with Crippen molar-refractivity contribution >= 4 is 17.5 Å². The van der Waals surface area contributed by atoms with Crippen LogP contribution in [0.25, 0.3) is 0 Å². The zero-order valence-corrected chi connectivity index (χ0v) is 17.2. The van der Waals surface area contributed by atoms with E-state index < -0.39 is 11.5 Å². The van der Waals surface area contributed by atoms with E-state index in [1.54, 1.807) is 36.3 Å². The van der Waals surface area contributed by atoms with Crippen LogP contribution in [0.2, 0.25) is 0 Å². The summed E-state index contributed by atoms with van der Waals surface area (Å²) in [5.41, 5.74) is 0.938. The van der Waals surface area contributed by atoms with Crippen LogP contribution in [0.15, 0.2) is 36.4 Å². The summed E-state index contributed by atoms with van der Waals surface area (Å²) in [4.78, 5) is 29.4. The topological polar surface area (TPSA) is 71.1 Å². The van der Waals surface area contributed by atoms with Crippen molar-refractivity contribution in [1.82, 2.24) is 10.2 Å². The molecular weight excluding hydrogens is 389 g/mol. The number of benzene rings is 2. The number of nitrogens with zero attached hydrogens (tertiary/aromatic N) is 2. The van der Waals surface area contributed by atoms with Crippen molar-refractivity contribution in [3.63, 3.8) is 0 Å². The zero-order valence-electron chi connectivity index (χ0n) is 17.2. The highest BCUT2D eigenvalue weighted by atomic mass is 19.1. The van der Waals surface area contributed by atoms with Crippen molar-refractivity contribution < 1.29 is 23.5 Å². The summed E-state index contributed by atoms with van der Waals surface area (Å²) >= 11 is 0. The molecule has 8 heteroatoms. The Morgan fingerprint density at radius 3 is 2.43 bits per heavy atom. The number of halogens is 1. The van der Waals surface area contributed by atoms with Gasteiger partial charge < -0.3 is 24.6 Å². The highest BCUT2D eigenvalue weighted by Gasteiger charge is 2.45. The average molecular weight is 413 g/mol.